The molecule has 0 saturated heterocycles. The van der Waals surface area contributed by atoms with E-state index in [0.717, 1.165) is 30.6 Å². The Morgan fingerprint density at radius 3 is 2.81 bits per heavy atom. The first-order valence-electron chi connectivity index (χ1n) is 7.12. The Balaban J connectivity index is 1.66. The molecule has 0 spiro atoms. The van der Waals surface area contributed by atoms with E-state index in [-0.39, 0.29) is 11.8 Å². The third-order valence-electron chi connectivity index (χ3n) is 4.05. The van der Waals surface area contributed by atoms with Gasteiger partial charge in [0.15, 0.2) is 0 Å². The van der Waals surface area contributed by atoms with Crippen molar-refractivity contribution in [3.63, 3.8) is 0 Å². The van der Waals surface area contributed by atoms with Gasteiger partial charge in [-0.1, -0.05) is 6.42 Å². The summed E-state index contributed by atoms with van der Waals surface area (Å²) in [6.45, 7) is 0.580. The van der Waals surface area contributed by atoms with E-state index in [4.69, 9.17) is 5.73 Å². The Morgan fingerprint density at radius 2 is 2.14 bits per heavy atom. The number of tetrazole rings is 1. The van der Waals surface area contributed by atoms with Crippen molar-refractivity contribution in [1.82, 2.24) is 20.2 Å². The zero-order chi connectivity index (χ0) is 14.7. The quantitative estimate of drug-likeness (QED) is 0.872. The predicted molar refractivity (Wildman–Crippen MR) is 77.7 cm³/mol. The maximum Gasteiger partial charge on any atom is 0.227 e. The summed E-state index contributed by atoms with van der Waals surface area (Å²) in [5.74, 6) is 0.415. The average molecular weight is 286 g/mol. The normalized spacial score (nSPS) is 21.4. The third-order valence-corrected chi connectivity index (χ3v) is 4.05. The molecular weight excluding hydrogens is 268 g/mol. The molecule has 1 saturated carbocycles. The SMILES string of the molecule is NCC1CCCC1C(=O)Nc1ccc(-n2cnnn2)cc1. The van der Waals surface area contributed by atoms with Crippen LogP contribution in [0.5, 0.6) is 0 Å². The Hall–Kier alpha value is -2.28. The van der Waals surface area contributed by atoms with Gasteiger partial charge in [0.05, 0.1) is 5.69 Å². The number of benzene rings is 1. The van der Waals surface area contributed by atoms with E-state index in [1.165, 1.54) is 6.33 Å². The minimum Gasteiger partial charge on any atom is -0.330 e. The lowest BCUT2D eigenvalue weighted by atomic mass is 9.95. The van der Waals surface area contributed by atoms with Gasteiger partial charge in [0.25, 0.3) is 0 Å². The van der Waals surface area contributed by atoms with Gasteiger partial charge in [0, 0.05) is 11.6 Å². The summed E-state index contributed by atoms with van der Waals surface area (Å²) in [7, 11) is 0. The van der Waals surface area contributed by atoms with Crippen LogP contribution in [0.1, 0.15) is 19.3 Å². The first-order chi connectivity index (χ1) is 10.3. The number of rotatable bonds is 4. The molecule has 1 aliphatic rings. The zero-order valence-electron chi connectivity index (χ0n) is 11.6. The molecule has 7 nitrogen and oxygen atoms in total. The predicted octanol–water partition coefficient (Wildman–Crippen LogP) is 0.976. The van der Waals surface area contributed by atoms with Crippen LogP contribution in [-0.4, -0.2) is 32.7 Å². The van der Waals surface area contributed by atoms with Gasteiger partial charge in [0.1, 0.15) is 6.33 Å². The number of carbonyl (C=O) groups excluding carboxylic acids is 1. The fourth-order valence-corrected chi connectivity index (χ4v) is 2.88. The first-order valence-corrected chi connectivity index (χ1v) is 7.12. The van der Waals surface area contributed by atoms with E-state index in [9.17, 15) is 4.79 Å². The van der Waals surface area contributed by atoms with Crippen molar-refractivity contribution >= 4 is 11.6 Å². The molecule has 0 radical (unpaired) electrons. The summed E-state index contributed by atoms with van der Waals surface area (Å²) < 4.78 is 1.56. The van der Waals surface area contributed by atoms with Crippen LogP contribution in [-0.2, 0) is 4.79 Å². The van der Waals surface area contributed by atoms with Crippen LogP contribution in [0.15, 0.2) is 30.6 Å². The maximum atomic E-state index is 12.3. The summed E-state index contributed by atoms with van der Waals surface area (Å²) in [4.78, 5) is 12.3. The topological polar surface area (TPSA) is 98.7 Å². The fourth-order valence-electron chi connectivity index (χ4n) is 2.88. The van der Waals surface area contributed by atoms with Crippen LogP contribution in [0.2, 0.25) is 0 Å². The second-order valence-electron chi connectivity index (χ2n) is 5.32. The Kier molecular flexibility index (Phi) is 3.92. The minimum absolute atomic E-state index is 0.0363. The van der Waals surface area contributed by atoms with E-state index in [1.54, 1.807) is 4.68 Å². The number of nitrogens with two attached hydrogens (primary N) is 1. The number of amides is 1. The monoisotopic (exact) mass is 286 g/mol. The van der Waals surface area contributed by atoms with Crippen LogP contribution in [0.3, 0.4) is 0 Å². The van der Waals surface area contributed by atoms with Crippen LogP contribution < -0.4 is 11.1 Å². The standard InChI is InChI=1S/C14H18N6O/c15-8-10-2-1-3-13(10)14(21)17-11-4-6-12(7-5-11)20-9-16-18-19-20/h4-7,9-10,13H,1-3,8,15H2,(H,17,21). The van der Waals surface area contributed by atoms with E-state index in [0.29, 0.717) is 12.5 Å². The van der Waals surface area contributed by atoms with Crippen molar-refractivity contribution in [1.29, 1.82) is 0 Å². The molecule has 0 aliphatic heterocycles. The largest absolute Gasteiger partial charge is 0.330 e. The highest BCUT2D eigenvalue weighted by Crippen LogP contribution is 2.31. The molecule has 2 unspecified atom stereocenters. The second kappa shape index (κ2) is 6.01. The van der Waals surface area contributed by atoms with Crippen LogP contribution >= 0.6 is 0 Å². The summed E-state index contributed by atoms with van der Waals surface area (Å²) in [6.07, 6.45) is 4.58. The van der Waals surface area contributed by atoms with Gasteiger partial charge in [-0.2, -0.15) is 0 Å². The number of aromatic nitrogens is 4. The van der Waals surface area contributed by atoms with Gasteiger partial charge in [-0.15, -0.1) is 5.10 Å². The number of carbonyl (C=O) groups is 1. The molecule has 7 heteroatoms. The van der Waals surface area contributed by atoms with Crippen LogP contribution in [0.25, 0.3) is 5.69 Å². The molecule has 1 aliphatic carbocycles. The van der Waals surface area contributed by atoms with E-state index in [2.05, 4.69) is 20.8 Å². The van der Waals surface area contributed by atoms with Gasteiger partial charge in [-0.25, -0.2) is 4.68 Å². The molecule has 3 N–H and O–H groups in total. The molecule has 1 aromatic heterocycles. The summed E-state index contributed by atoms with van der Waals surface area (Å²) in [5.41, 5.74) is 7.35. The number of nitrogens with one attached hydrogen (secondary N) is 1. The summed E-state index contributed by atoms with van der Waals surface area (Å²) in [5, 5.41) is 14.0. The highest BCUT2D eigenvalue weighted by molar-refractivity contribution is 5.93. The van der Waals surface area contributed by atoms with E-state index in [1.807, 2.05) is 24.3 Å². The smallest absolute Gasteiger partial charge is 0.227 e. The third kappa shape index (κ3) is 2.92. The summed E-state index contributed by atoms with van der Waals surface area (Å²) >= 11 is 0. The van der Waals surface area contributed by atoms with Crippen LogP contribution in [0, 0.1) is 11.8 Å². The van der Waals surface area contributed by atoms with Crippen molar-refractivity contribution in [2.75, 3.05) is 11.9 Å². The van der Waals surface area contributed by atoms with Crippen molar-refractivity contribution in [3.8, 4) is 5.69 Å². The molecule has 1 heterocycles. The fraction of sp³-hybridized carbons (Fsp3) is 0.429. The molecular formula is C14H18N6O. The molecule has 1 amide bonds. The Labute approximate surface area is 122 Å². The van der Waals surface area contributed by atoms with Gasteiger partial charge in [-0.05, 0) is 60.0 Å². The lowest BCUT2D eigenvalue weighted by molar-refractivity contribution is -0.120. The molecule has 2 atom stereocenters. The zero-order valence-corrected chi connectivity index (χ0v) is 11.6. The number of nitrogens with zero attached hydrogens (tertiary/aromatic N) is 4. The highest BCUT2D eigenvalue weighted by Gasteiger charge is 2.31. The molecule has 0 bridgehead atoms. The Bertz CT molecular complexity index is 594. The van der Waals surface area contributed by atoms with Crippen LogP contribution in [0.4, 0.5) is 5.69 Å². The molecule has 2 aromatic rings. The molecule has 21 heavy (non-hydrogen) atoms. The van der Waals surface area contributed by atoms with Gasteiger partial charge in [0.2, 0.25) is 5.91 Å². The van der Waals surface area contributed by atoms with E-state index < -0.39 is 0 Å². The molecule has 1 aromatic carbocycles. The minimum atomic E-state index is 0.0363. The average Bonchev–Trinajstić information content (AvgIpc) is 3.19. The number of anilines is 1. The van der Waals surface area contributed by atoms with Crippen molar-refractivity contribution in [2.24, 2.45) is 17.6 Å². The van der Waals surface area contributed by atoms with Crippen molar-refractivity contribution in [3.05, 3.63) is 30.6 Å². The van der Waals surface area contributed by atoms with Gasteiger partial charge < -0.3 is 11.1 Å². The van der Waals surface area contributed by atoms with Gasteiger partial charge in [-0.3, -0.25) is 4.79 Å². The van der Waals surface area contributed by atoms with Gasteiger partial charge >= 0.3 is 0 Å². The number of hydrogen-bond acceptors (Lipinski definition) is 5. The summed E-state index contributed by atoms with van der Waals surface area (Å²) in [6, 6.07) is 7.42. The number of hydrogen-bond donors (Lipinski definition) is 2. The lowest BCUT2D eigenvalue weighted by Crippen LogP contribution is -2.29. The maximum absolute atomic E-state index is 12.3. The molecule has 110 valence electrons. The molecule has 3 rings (SSSR count). The Morgan fingerprint density at radius 1 is 1.33 bits per heavy atom. The lowest BCUT2D eigenvalue weighted by Gasteiger charge is -2.17. The highest BCUT2D eigenvalue weighted by atomic mass is 16.1. The van der Waals surface area contributed by atoms with E-state index >= 15 is 0 Å². The van der Waals surface area contributed by atoms with Crippen molar-refractivity contribution < 1.29 is 4.79 Å². The first kappa shape index (κ1) is 13.7. The van der Waals surface area contributed by atoms with Crippen molar-refractivity contribution in [2.45, 2.75) is 19.3 Å². The molecule has 1 fully saturated rings. The second-order valence-corrected chi connectivity index (χ2v) is 5.32.